The van der Waals surface area contributed by atoms with Crippen molar-refractivity contribution in [3.8, 4) is 11.4 Å². The number of carbonyl (C=O) groups excluding carboxylic acids is 2. The Balaban J connectivity index is 1.37. The Kier molecular flexibility index (Phi) is 5.18. The Labute approximate surface area is 213 Å². The Morgan fingerprint density at radius 2 is 1.86 bits per heavy atom. The third kappa shape index (κ3) is 3.61. The second-order valence-corrected chi connectivity index (χ2v) is 10.1. The maximum atomic E-state index is 13.0. The molecule has 1 fully saturated rings. The first-order valence-electron chi connectivity index (χ1n) is 12.5. The van der Waals surface area contributed by atoms with E-state index < -0.39 is 5.41 Å². The fourth-order valence-corrected chi connectivity index (χ4v) is 5.38. The Bertz CT molecular complexity index is 1620. The summed E-state index contributed by atoms with van der Waals surface area (Å²) in [5.74, 6) is 0.654. The summed E-state index contributed by atoms with van der Waals surface area (Å²) in [6, 6.07) is 13.3. The summed E-state index contributed by atoms with van der Waals surface area (Å²) in [6.45, 7) is 7.14. The smallest absolute Gasteiger partial charge is 0.261 e. The minimum atomic E-state index is -0.631. The summed E-state index contributed by atoms with van der Waals surface area (Å²) >= 11 is 0. The predicted molar refractivity (Wildman–Crippen MR) is 145 cm³/mol. The molecule has 2 aromatic heterocycles. The normalized spacial score (nSPS) is 16.6. The van der Waals surface area contributed by atoms with Gasteiger partial charge in [-0.25, -0.2) is 4.98 Å². The average molecular weight is 497 g/mol. The molecule has 9 nitrogen and oxygen atoms in total. The molecule has 2 aliphatic rings. The van der Waals surface area contributed by atoms with Gasteiger partial charge < -0.3 is 25.1 Å². The average Bonchev–Trinajstić information content (AvgIpc) is 3.54. The molecule has 3 N–H and O–H groups in total. The molecule has 37 heavy (non-hydrogen) atoms. The van der Waals surface area contributed by atoms with E-state index >= 15 is 0 Å². The number of imidazole rings is 1. The van der Waals surface area contributed by atoms with Gasteiger partial charge in [0.2, 0.25) is 11.8 Å². The van der Waals surface area contributed by atoms with Crippen LogP contribution in [0.1, 0.15) is 39.2 Å². The maximum absolute atomic E-state index is 13.0. The first-order chi connectivity index (χ1) is 17.8. The number of hydrogen-bond donors (Lipinski definition) is 3. The van der Waals surface area contributed by atoms with Crippen LogP contribution in [0.25, 0.3) is 22.4 Å². The first kappa shape index (κ1) is 23.0. The van der Waals surface area contributed by atoms with Gasteiger partial charge >= 0.3 is 0 Å². The second-order valence-electron chi connectivity index (χ2n) is 10.1. The molecule has 1 saturated heterocycles. The van der Waals surface area contributed by atoms with Crippen molar-refractivity contribution in [1.82, 2.24) is 15.0 Å². The monoisotopic (exact) mass is 496 g/mol. The summed E-state index contributed by atoms with van der Waals surface area (Å²) in [5.41, 5.74) is 5.00. The van der Waals surface area contributed by atoms with Crippen LogP contribution in [0.3, 0.4) is 0 Å². The zero-order chi connectivity index (χ0) is 25.9. The van der Waals surface area contributed by atoms with E-state index in [-0.39, 0.29) is 17.4 Å². The number of H-pyrrole nitrogens is 2. The van der Waals surface area contributed by atoms with Gasteiger partial charge in [-0.3, -0.25) is 14.4 Å². The minimum Gasteiger partial charge on any atom is -0.355 e. The standard InChI is InChI=1S/C28H28N6O3/c1-4-33-22-15-21-20(14-18(22)28(2,3)27(33)37)31-25(32-21)24-19(11-12-29-26(24)36)30-16-7-9-17(10-8-16)34-13-5-6-23(34)35/h7-12,14-15H,4-6,13H2,1-3H3,(H,31,32)(H2,29,30,36). The topological polar surface area (TPSA) is 114 Å². The molecule has 188 valence electrons. The molecule has 0 bridgehead atoms. The van der Waals surface area contributed by atoms with Crippen LogP contribution >= 0.6 is 0 Å². The zero-order valence-electron chi connectivity index (χ0n) is 21.0. The van der Waals surface area contributed by atoms with Crippen LogP contribution in [0.2, 0.25) is 0 Å². The quantitative estimate of drug-likeness (QED) is 0.378. The van der Waals surface area contributed by atoms with Crippen molar-refractivity contribution in [2.45, 2.75) is 39.0 Å². The molecule has 9 heteroatoms. The van der Waals surface area contributed by atoms with E-state index in [1.54, 1.807) is 22.1 Å². The van der Waals surface area contributed by atoms with Crippen molar-refractivity contribution in [2.75, 3.05) is 28.2 Å². The number of pyridine rings is 1. The SMILES string of the molecule is CCN1C(=O)C(C)(C)c2cc3[nH]c(-c4c(Nc5ccc(N6CCCC6=O)cc5)cc[nH]c4=O)nc3cc21. The van der Waals surface area contributed by atoms with Gasteiger partial charge in [0.05, 0.1) is 27.8 Å². The molecule has 0 atom stereocenters. The molecule has 4 aromatic rings. The van der Waals surface area contributed by atoms with Crippen molar-refractivity contribution < 1.29 is 9.59 Å². The van der Waals surface area contributed by atoms with Crippen LogP contribution < -0.4 is 20.7 Å². The molecule has 4 heterocycles. The number of carbonyl (C=O) groups is 2. The van der Waals surface area contributed by atoms with Crippen LogP contribution in [0.4, 0.5) is 22.7 Å². The number of aromatic nitrogens is 3. The van der Waals surface area contributed by atoms with E-state index in [0.717, 1.165) is 41.1 Å². The number of hydrogen-bond acceptors (Lipinski definition) is 5. The number of benzene rings is 2. The summed E-state index contributed by atoms with van der Waals surface area (Å²) in [7, 11) is 0. The first-order valence-corrected chi connectivity index (χ1v) is 12.5. The van der Waals surface area contributed by atoms with Crippen LogP contribution in [0, 0.1) is 0 Å². The molecule has 0 spiro atoms. The zero-order valence-corrected chi connectivity index (χ0v) is 21.0. The van der Waals surface area contributed by atoms with E-state index in [9.17, 15) is 14.4 Å². The van der Waals surface area contributed by atoms with Crippen LogP contribution in [-0.4, -0.2) is 39.9 Å². The highest BCUT2D eigenvalue weighted by Gasteiger charge is 2.43. The molecule has 6 rings (SSSR count). The van der Waals surface area contributed by atoms with Crippen molar-refractivity contribution in [3.05, 3.63) is 64.6 Å². The highest BCUT2D eigenvalue weighted by Crippen LogP contribution is 2.43. The molecule has 0 saturated carbocycles. The van der Waals surface area contributed by atoms with Gasteiger partial charge in [-0.2, -0.15) is 0 Å². The lowest BCUT2D eigenvalue weighted by molar-refractivity contribution is -0.122. The summed E-state index contributed by atoms with van der Waals surface area (Å²) in [6.07, 6.45) is 3.05. The van der Waals surface area contributed by atoms with E-state index in [0.29, 0.717) is 35.6 Å². The molecule has 2 aromatic carbocycles. The molecular weight excluding hydrogens is 468 g/mol. The highest BCUT2D eigenvalue weighted by atomic mass is 16.2. The lowest BCUT2D eigenvalue weighted by Crippen LogP contribution is -2.35. The number of nitrogens with zero attached hydrogens (tertiary/aromatic N) is 3. The lowest BCUT2D eigenvalue weighted by Gasteiger charge is -2.18. The Hall–Kier alpha value is -4.40. The van der Waals surface area contributed by atoms with Crippen molar-refractivity contribution in [1.29, 1.82) is 0 Å². The third-order valence-corrected chi connectivity index (χ3v) is 7.39. The van der Waals surface area contributed by atoms with Crippen molar-refractivity contribution in [3.63, 3.8) is 0 Å². The van der Waals surface area contributed by atoms with Gasteiger partial charge in [-0.1, -0.05) is 0 Å². The molecular formula is C28H28N6O3. The third-order valence-electron chi connectivity index (χ3n) is 7.39. The van der Waals surface area contributed by atoms with Gasteiger partial charge in [0, 0.05) is 37.1 Å². The fraction of sp³-hybridized carbons (Fsp3) is 0.286. The van der Waals surface area contributed by atoms with E-state index in [1.165, 1.54) is 0 Å². The Morgan fingerprint density at radius 1 is 1.08 bits per heavy atom. The van der Waals surface area contributed by atoms with Crippen LogP contribution in [0.5, 0.6) is 0 Å². The molecule has 0 radical (unpaired) electrons. The summed E-state index contributed by atoms with van der Waals surface area (Å²) in [5, 5.41) is 3.33. The lowest BCUT2D eigenvalue weighted by atomic mass is 9.86. The second kappa shape index (κ2) is 8.33. The number of amides is 2. The van der Waals surface area contributed by atoms with E-state index in [2.05, 4.69) is 15.3 Å². The molecule has 2 aliphatic heterocycles. The van der Waals surface area contributed by atoms with E-state index in [4.69, 9.17) is 4.98 Å². The largest absolute Gasteiger partial charge is 0.355 e. The van der Waals surface area contributed by atoms with Gasteiger partial charge in [0.25, 0.3) is 5.56 Å². The molecule has 0 unspecified atom stereocenters. The number of nitrogens with one attached hydrogen (secondary N) is 3. The van der Waals surface area contributed by atoms with Crippen LogP contribution in [0.15, 0.2) is 53.5 Å². The fourth-order valence-electron chi connectivity index (χ4n) is 5.38. The molecule has 0 aliphatic carbocycles. The van der Waals surface area contributed by atoms with Gasteiger partial charge in [0.15, 0.2) is 0 Å². The number of fused-ring (bicyclic) bond motifs is 2. The Morgan fingerprint density at radius 3 is 2.57 bits per heavy atom. The predicted octanol–water partition coefficient (Wildman–Crippen LogP) is 4.43. The van der Waals surface area contributed by atoms with Gasteiger partial charge in [0.1, 0.15) is 11.4 Å². The summed E-state index contributed by atoms with van der Waals surface area (Å²) in [4.78, 5) is 52.3. The maximum Gasteiger partial charge on any atom is 0.261 e. The van der Waals surface area contributed by atoms with Crippen LogP contribution in [-0.2, 0) is 15.0 Å². The number of rotatable bonds is 5. The van der Waals surface area contributed by atoms with Gasteiger partial charge in [-0.05, 0) is 75.2 Å². The minimum absolute atomic E-state index is 0.0731. The number of aromatic amines is 2. The van der Waals surface area contributed by atoms with Crippen molar-refractivity contribution in [2.24, 2.45) is 0 Å². The van der Waals surface area contributed by atoms with Crippen molar-refractivity contribution >= 4 is 45.6 Å². The summed E-state index contributed by atoms with van der Waals surface area (Å²) < 4.78 is 0. The van der Waals surface area contributed by atoms with Gasteiger partial charge in [-0.15, -0.1) is 0 Å². The van der Waals surface area contributed by atoms with E-state index in [1.807, 2.05) is 57.2 Å². The number of anilines is 4. The molecule has 2 amide bonds. The highest BCUT2D eigenvalue weighted by molar-refractivity contribution is 6.09. The number of likely N-dealkylation sites (N-methyl/N-ethyl adjacent to an activating group) is 1.